The van der Waals surface area contributed by atoms with Crippen LogP contribution in [0.15, 0.2) is 23.1 Å². The molecule has 1 atom stereocenters. The predicted molar refractivity (Wildman–Crippen MR) is 82.0 cm³/mol. The molecule has 2 N–H and O–H groups in total. The van der Waals surface area contributed by atoms with Gasteiger partial charge >= 0.3 is 0 Å². The van der Waals surface area contributed by atoms with Gasteiger partial charge in [0.2, 0.25) is 10.0 Å². The van der Waals surface area contributed by atoms with Crippen LogP contribution in [0.3, 0.4) is 0 Å². The standard InChI is InChI=1S/C12H18N2O5S2/c1-9-6-10(14(16)17)4-5-11(9)21(18,19)13-7-12(2,15)8-20-3/h4-6,13,15H,7-8H2,1-3H3/t12-/m0/s1. The van der Waals surface area contributed by atoms with Crippen LogP contribution in [-0.2, 0) is 10.0 Å². The van der Waals surface area contributed by atoms with Crippen LogP contribution < -0.4 is 4.72 Å². The number of hydrogen-bond donors (Lipinski definition) is 2. The summed E-state index contributed by atoms with van der Waals surface area (Å²) in [6, 6.07) is 3.54. The first-order valence-corrected chi connectivity index (χ1v) is 8.93. The molecule has 0 radical (unpaired) electrons. The molecule has 0 heterocycles. The lowest BCUT2D eigenvalue weighted by Crippen LogP contribution is -2.42. The van der Waals surface area contributed by atoms with Crippen LogP contribution in [0.5, 0.6) is 0 Å². The largest absolute Gasteiger partial charge is 0.388 e. The van der Waals surface area contributed by atoms with Gasteiger partial charge in [0.25, 0.3) is 5.69 Å². The Labute approximate surface area is 128 Å². The topological polar surface area (TPSA) is 110 Å². The van der Waals surface area contributed by atoms with E-state index >= 15 is 0 Å². The van der Waals surface area contributed by atoms with Crippen molar-refractivity contribution in [2.75, 3.05) is 18.6 Å². The van der Waals surface area contributed by atoms with E-state index in [0.29, 0.717) is 5.75 Å². The molecule has 0 saturated heterocycles. The first kappa shape index (κ1) is 17.9. The zero-order valence-corrected chi connectivity index (χ0v) is 13.6. The summed E-state index contributed by atoms with van der Waals surface area (Å²) in [4.78, 5) is 10.0. The fourth-order valence-electron chi connectivity index (χ4n) is 1.74. The minimum atomic E-state index is -3.83. The van der Waals surface area contributed by atoms with Crippen molar-refractivity contribution in [3.05, 3.63) is 33.9 Å². The van der Waals surface area contributed by atoms with E-state index in [1.165, 1.54) is 37.7 Å². The number of nitro groups is 1. The summed E-state index contributed by atoms with van der Waals surface area (Å²) in [6.45, 7) is 2.89. The number of non-ortho nitro benzene ring substituents is 1. The highest BCUT2D eigenvalue weighted by atomic mass is 32.2. The van der Waals surface area contributed by atoms with Gasteiger partial charge in [0.05, 0.1) is 15.4 Å². The smallest absolute Gasteiger partial charge is 0.269 e. The Kier molecular flexibility index (Phi) is 5.74. The van der Waals surface area contributed by atoms with Crippen LogP contribution in [0.2, 0.25) is 0 Å². The van der Waals surface area contributed by atoms with Crippen molar-refractivity contribution in [2.24, 2.45) is 0 Å². The maximum Gasteiger partial charge on any atom is 0.269 e. The third-order valence-corrected chi connectivity index (χ3v) is 5.23. The molecule has 1 rings (SSSR count). The molecule has 0 unspecified atom stereocenters. The van der Waals surface area contributed by atoms with E-state index in [0.717, 1.165) is 6.07 Å². The molecule has 118 valence electrons. The van der Waals surface area contributed by atoms with Crippen molar-refractivity contribution in [2.45, 2.75) is 24.3 Å². The van der Waals surface area contributed by atoms with E-state index in [1.54, 1.807) is 0 Å². The summed E-state index contributed by atoms with van der Waals surface area (Å²) in [5, 5.41) is 20.6. The lowest BCUT2D eigenvalue weighted by Gasteiger charge is -2.22. The molecule has 21 heavy (non-hydrogen) atoms. The lowest BCUT2D eigenvalue weighted by atomic mass is 10.1. The van der Waals surface area contributed by atoms with E-state index in [9.17, 15) is 23.6 Å². The quantitative estimate of drug-likeness (QED) is 0.574. The number of aryl methyl sites for hydroxylation is 1. The maximum atomic E-state index is 12.2. The molecule has 1 aromatic carbocycles. The molecule has 0 aliphatic heterocycles. The molecule has 0 aliphatic carbocycles. The van der Waals surface area contributed by atoms with E-state index in [-0.39, 0.29) is 22.7 Å². The van der Waals surface area contributed by atoms with E-state index in [4.69, 9.17) is 0 Å². The minimum Gasteiger partial charge on any atom is -0.388 e. The Morgan fingerprint density at radius 1 is 1.48 bits per heavy atom. The van der Waals surface area contributed by atoms with E-state index in [2.05, 4.69) is 4.72 Å². The summed E-state index contributed by atoms with van der Waals surface area (Å²) < 4.78 is 26.7. The number of sulfonamides is 1. The lowest BCUT2D eigenvalue weighted by molar-refractivity contribution is -0.385. The van der Waals surface area contributed by atoms with Crippen LogP contribution in [-0.4, -0.2) is 42.6 Å². The van der Waals surface area contributed by atoms with Gasteiger partial charge in [0.15, 0.2) is 0 Å². The average molecular weight is 334 g/mol. The Hall–Kier alpha value is -1.16. The summed E-state index contributed by atoms with van der Waals surface area (Å²) in [7, 11) is -3.83. The van der Waals surface area contributed by atoms with E-state index in [1.807, 2.05) is 6.26 Å². The van der Waals surface area contributed by atoms with Gasteiger partial charge in [0.1, 0.15) is 0 Å². The second-order valence-corrected chi connectivity index (χ2v) is 7.56. The summed E-state index contributed by atoms with van der Waals surface area (Å²) in [5.74, 6) is 0.384. The van der Waals surface area contributed by atoms with Crippen molar-refractivity contribution in [1.82, 2.24) is 4.72 Å². The molecule has 0 saturated carbocycles. The third kappa shape index (κ3) is 4.95. The van der Waals surface area contributed by atoms with Crippen LogP contribution in [0.1, 0.15) is 12.5 Å². The number of aliphatic hydroxyl groups is 1. The van der Waals surface area contributed by atoms with Gasteiger partial charge in [0, 0.05) is 24.4 Å². The Balaban J connectivity index is 2.96. The van der Waals surface area contributed by atoms with Crippen molar-refractivity contribution < 1.29 is 18.4 Å². The number of nitro benzene ring substituents is 1. The number of hydrogen-bond acceptors (Lipinski definition) is 6. The zero-order valence-electron chi connectivity index (χ0n) is 12.0. The number of nitrogens with zero attached hydrogens (tertiary/aromatic N) is 1. The van der Waals surface area contributed by atoms with Gasteiger partial charge in [-0.3, -0.25) is 10.1 Å². The Bertz CT molecular complexity index is 629. The highest BCUT2D eigenvalue weighted by molar-refractivity contribution is 7.98. The second kappa shape index (κ2) is 6.73. The highest BCUT2D eigenvalue weighted by Crippen LogP contribution is 2.21. The van der Waals surface area contributed by atoms with Crippen molar-refractivity contribution >= 4 is 27.5 Å². The van der Waals surface area contributed by atoms with Gasteiger partial charge in [-0.05, 0) is 31.7 Å². The van der Waals surface area contributed by atoms with Gasteiger partial charge in [-0.2, -0.15) is 11.8 Å². The van der Waals surface area contributed by atoms with Crippen molar-refractivity contribution in [3.8, 4) is 0 Å². The number of nitrogens with one attached hydrogen (secondary N) is 1. The minimum absolute atomic E-state index is 0.0342. The fraction of sp³-hybridized carbons (Fsp3) is 0.500. The number of thioether (sulfide) groups is 1. The second-order valence-electron chi connectivity index (χ2n) is 4.96. The first-order valence-electron chi connectivity index (χ1n) is 6.05. The molecular weight excluding hydrogens is 316 g/mol. The van der Waals surface area contributed by atoms with Crippen LogP contribution in [0.4, 0.5) is 5.69 Å². The molecule has 0 amide bonds. The van der Waals surface area contributed by atoms with Crippen molar-refractivity contribution in [1.29, 1.82) is 0 Å². The summed E-state index contributed by atoms with van der Waals surface area (Å²) >= 11 is 1.40. The van der Waals surface area contributed by atoms with E-state index < -0.39 is 20.5 Å². The highest BCUT2D eigenvalue weighted by Gasteiger charge is 2.25. The molecule has 9 heteroatoms. The van der Waals surface area contributed by atoms with Crippen LogP contribution in [0.25, 0.3) is 0 Å². The molecule has 0 fully saturated rings. The SMILES string of the molecule is CSC[C@@](C)(O)CNS(=O)(=O)c1ccc([N+](=O)[O-])cc1C. The number of rotatable bonds is 7. The molecule has 7 nitrogen and oxygen atoms in total. The maximum absolute atomic E-state index is 12.2. The van der Waals surface area contributed by atoms with Crippen LogP contribution >= 0.6 is 11.8 Å². The van der Waals surface area contributed by atoms with Crippen molar-refractivity contribution in [3.63, 3.8) is 0 Å². The molecule has 0 aliphatic rings. The van der Waals surface area contributed by atoms with Gasteiger partial charge < -0.3 is 5.11 Å². The monoisotopic (exact) mass is 334 g/mol. The van der Waals surface area contributed by atoms with Gasteiger partial charge in [-0.15, -0.1) is 0 Å². The fourth-order valence-corrected chi connectivity index (χ4v) is 3.85. The average Bonchev–Trinajstić information content (AvgIpc) is 2.36. The normalized spacial score (nSPS) is 14.7. The molecule has 0 aromatic heterocycles. The number of benzene rings is 1. The predicted octanol–water partition coefficient (Wildman–Crippen LogP) is 1.30. The Morgan fingerprint density at radius 2 is 2.10 bits per heavy atom. The molecular formula is C12H18N2O5S2. The van der Waals surface area contributed by atoms with Crippen LogP contribution in [0, 0.1) is 17.0 Å². The third-order valence-electron chi connectivity index (χ3n) is 2.76. The van der Waals surface area contributed by atoms with Gasteiger partial charge in [-0.1, -0.05) is 0 Å². The van der Waals surface area contributed by atoms with Gasteiger partial charge in [-0.25, -0.2) is 13.1 Å². The summed E-state index contributed by atoms with van der Waals surface area (Å²) in [5.41, 5.74) is -1.05. The molecule has 0 spiro atoms. The first-order chi connectivity index (χ1) is 9.59. The zero-order chi connectivity index (χ0) is 16.3. The summed E-state index contributed by atoms with van der Waals surface area (Å²) in [6.07, 6.45) is 1.81. The molecule has 1 aromatic rings. The molecule has 0 bridgehead atoms. The Morgan fingerprint density at radius 3 is 2.57 bits per heavy atom.